The molecule has 0 bridgehead atoms. The molecular formula is C13H27IN6. The normalized spacial score (nSPS) is 13.2. The molecule has 0 saturated heterocycles. The summed E-state index contributed by atoms with van der Waals surface area (Å²) in [6, 6.07) is 0.349. The van der Waals surface area contributed by atoms with Gasteiger partial charge in [0.15, 0.2) is 11.8 Å². The Morgan fingerprint density at radius 2 is 2.10 bits per heavy atom. The summed E-state index contributed by atoms with van der Waals surface area (Å²) in [6.07, 6.45) is 5.23. The second kappa shape index (κ2) is 9.95. The first-order valence-electron chi connectivity index (χ1n) is 6.88. The molecule has 0 saturated carbocycles. The number of aryl methyl sites for hydroxylation is 1. The van der Waals surface area contributed by atoms with E-state index < -0.39 is 0 Å². The maximum Gasteiger partial charge on any atom is 0.189 e. The maximum absolute atomic E-state index is 5.85. The lowest BCUT2D eigenvalue weighted by molar-refractivity contribution is 0.493. The number of aliphatic imine (C=N–C) groups is 1. The van der Waals surface area contributed by atoms with Crippen molar-refractivity contribution < 1.29 is 0 Å². The first-order valence-corrected chi connectivity index (χ1v) is 6.88. The van der Waals surface area contributed by atoms with E-state index in [1.807, 2.05) is 11.6 Å². The lowest BCUT2D eigenvalue weighted by atomic mass is 10.0. The van der Waals surface area contributed by atoms with Crippen LogP contribution in [0.3, 0.4) is 0 Å². The van der Waals surface area contributed by atoms with E-state index in [-0.39, 0.29) is 24.0 Å². The van der Waals surface area contributed by atoms with Gasteiger partial charge in [-0.1, -0.05) is 26.7 Å². The molecule has 1 heterocycles. The van der Waals surface area contributed by atoms with Crippen LogP contribution in [0.25, 0.3) is 0 Å². The second-order valence-electron chi connectivity index (χ2n) is 5.43. The third-order valence-electron chi connectivity index (χ3n) is 3.01. The largest absolute Gasteiger partial charge is 0.370 e. The van der Waals surface area contributed by atoms with Gasteiger partial charge in [-0.05, 0) is 19.3 Å². The van der Waals surface area contributed by atoms with Crippen LogP contribution in [0.2, 0.25) is 0 Å². The van der Waals surface area contributed by atoms with Gasteiger partial charge in [0, 0.05) is 13.1 Å². The quantitative estimate of drug-likeness (QED) is 0.422. The lowest BCUT2D eigenvalue weighted by Gasteiger charge is -2.14. The molecule has 20 heavy (non-hydrogen) atoms. The molecule has 6 nitrogen and oxygen atoms in total. The van der Waals surface area contributed by atoms with E-state index in [1.54, 1.807) is 6.33 Å². The van der Waals surface area contributed by atoms with Crippen molar-refractivity contribution in [3.8, 4) is 0 Å². The van der Waals surface area contributed by atoms with E-state index >= 15 is 0 Å². The van der Waals surface area contributed by atoms with E-state index in [2.05, 4.69) is 41.3 Å². The van der Waals surface area contributed by atoms with Crippen LogP contribution in [0.15, 0.2) is 11.3 Å². The third-order valence-corrected chi connectivity index (χ3v) is 3.01. The third kappa shape index (κ3) is 7.66. The van der Waals surface area contributed by atoms with Crippen LogP contribution in [0.4, 0.5) is 0 Å². The highest BCUT2D eigenvalue weighted by atomic mass is 127. The van der Waals surface area contributed by atoms with E-state index in [4.69, 9.17) is 5.73 Å². The van der Waals surface area contributed by atoms with Crippen molar-refractivity contribution in [1.29, 1.82) is 0 Å². The Labute approximate surface area is 138 Å². The van der Waals surface area contributed by atoms with Crippen molar-refractivity contribution in [2.24, 2.45) is 23.7 Å². The van der Waals surface area contributed by atoms with E-state index in [9.17, 15) is 0 Å². The molecule has 0 spiro atoms. The Bertz CT molecular complexity index is 401. The lowest BCUT2D eigenvalue weighted by Crippen LogP contribution is -2.38. The summed E-state index contributed by atoms with van der Waals surface area (Å²) in [4.78, 5) is 4.27. The molecule has 0 aromatic carbocycles. The van der Waals surface area contributed by atoms with Crippen LogP contribution in [-0.4, -0.2) is 26.8 Å². The van der Waals surface area contributed by atoms with Gasteiger partial charge in [0.2, 0.25) is 0 Å². The summed E-state index contributed by atoms with van der Waals surface area (Å²) in [5.74, 6) is 2.03. The molecule has 0 aliphatic carbocycles. The first-order chi connectivity index (χ1) is 8.99. The fourth-order valence-electron chi connectivity index (χ4n) is 1.81. The van der Waals surface area contributed by atoms with Gasteiger partial charge in [0.05, 0.1) is 0 Å². The number of rotatable bonds is 7. The standard InChI is InChI=1S/C13H26N6.HI/c1-10(2)6-5-7-11(3)17-13(14)15-8-12-18-16-9-19(12)4;/h9-11H,5-8H2,1-4H3,(H3,14,15,17);1H. The second-order valence-corrected chi connectivity index (χ2v) is 5.43. The number of halogens is 1. The fraction of sp³-hybridized carbons (Fsp3) is 0.769. The fourth-order valence-corrected chi connectivity index (χ4v) is 1.81. The van der Waals surface area contributed by atoms with Gasteiger partial charge in [-0.3, -0.25) is 0 Å². The summed E-state index contributed by atoms with van der Waals surface area (Å²) in [5, 5.41) is 11.0. The van der Waals surface area contributed by atoms with Gasteiger partial charge in [0.25, 0.3) is 0 Å². The van der Waals surface area contributed by atoms with Crippen LogP contribution in [0.1, 0.15) is 45.9 Å². The van der Waals surface area contributed by atoms with Crippen LogP contribution in [0.5, 0.6) is 0 Å². The van der Waals surface area contributed by atoms with E-state index in [0.717, 1.165) is 18.2 Å². The maximum atomic E-state index is 5.85. The Balaban J connectivity index is 0.00000361. The predicted octanol–water partition coefficient (Wildman–Crippen LogP) is 2.05. The molecule has 1 aromatic heterocycles. The van der Waals surface area contributed by atoms with Crippen molar-refractivity contribution in [2.45, 2.75) is 52.6 Å². The van der Waals surface area contributed by atoms with Crippen molar-refractivity contribution in [1.82, 2.24) is 20.1 Å². The molecule has 0 aliphatic heterocycles. The van der Waals surface area contributed by atoms with Gasteiger partial charge in [-0.2, -0.15) is 0 Å². The number of nitrogens with one attached hydrogen (secondary N) is 1. The van der Waals surface area contributed by atoms with Crippen LogP contribution < -0.4 is 11.1 Å². The number of guanidine groups is 1. The monoisotopic (exact) mass is 394 g/mol. The van der Waals surface area contributed by atoms with Crippen LogP contribution in [-0.2, 0) is 13.6 Å². The van der Waals surface area contributed by atoms with Gasteiger partial charge in [-0.25, -0.2) is 4.99 Å². The van der Waals surface area contributed by atoms with Crippen molar-refractivity contribution in [2.75, 3.05) is 0 Å². The number of aromatic nitrogens is 3. The zero-order chi connectivity index (χ0) is 14.3. The molecule has 0 amide bonds. The number of hydrogen-bond acceptors (Lipinski definition) is 3. The molecule has 1 unspecified atom stereocenters. The number of nitrogens with two attached hydrogens (primary N) is 1. The van der Waals surface area contributed by atoms with Gasteiger partial charge < -0.3 is 15.6 Å². The highest BCUT2D eigenvalue weighted by molar-refractivity contribution is 14.0. The minimum absolute atomic E-state index is 0. The van der Waals surface area contributed by atoms with E-state index in [0.29, 0.717) is 18.5 Å². The highest BCUT2D eigenvalue weighted by Crippen LogP contribution is 2.08. The minimum atomic E-state index is 0. The molecule has 3 N–H and O–H groups in total. The number of nitrogens with zero attached hydrogens (tertiary/aromatic N) is 4. The Morgan fingerprint density at radius 3 is 2.65 bits per heavy atom. The summed E-state index contributed by atoms with van der Waals surface area (Å²) >= 11 is 0. The van der Waals surface area contributed by atoms with Crippen LogP contribution in [0, 0.1) is 5.92 Å². The zero-order valence-electron chi connectivity index (χ0n) is 12.8. The predicted molar refractivity (Wildman–Crippen MR) is 93.0 cm³/mol. The highest BCUT2D eigenvalue weighted by Gasteiger charge is 2.04. The van der Waals surface area contributed by atoms with Crippen molar-refractivity contribution in [3.63, 3.8) is 0 Å². The van der Waals surface area contributed by atoms with Gasteiger partial charge in [0.1, 0.15) is 12.9 Å². The molecule has 1 rings (SSSR count). The van der Waals surface area contributed by atoms with E-state index in [1.165, 1.54) is 12.8 Å². The Kier molecular flexibility index (Phi) is 9.52. The SMILES string of the molecule is CC(C)CCCC(C)NC(N)=NCc1nncn1C.I. The smallest absolute Gasteiger partial charge is 0.189 e. The Morgan fingerprint density at radius 1 is 1.40 bits per heavy atom. The summed E-state index contributed by atoms with van der Waals surface area (Å²) < 4.78 is 1.84. The topological polar surface area (TPSA) is 81.1 Å². The zero-order valence-corrected chi connectivity index (χ0v) is 15.2. The molecule has 7 heteroatoms. The molecule has 1 atom stereocenters. The Hall–Kier alpha value is -0.860. The summed E-state index contributed by atoms with van der Waals surface area (Å²) in [5.41, 5.74) is 5.85. The van der Waals surface area contributed by atoms with Crippen LogP contribution >= 0.6 is 24.0 Å². The molecular weight excluding hydrogens is 367 g/mol. The first kappa shape index (κ1) is 19.1. The summed E-state index contributed by atoms with van der Waals surface area (Å²) in [7, 11) is 1.89. The van der Waals surface area contributed by atoms with Gasteiger partial charge >= 0.3 is 0 Å². The summed E-state index contributed by atoms with van der Waals surface area (Å²) in [6.45, 7) is 7.07. The van der Waals surface area contributed by atoms with Crippen molar-refractivity contribution in [3.05, 3.63) is 12.2 Å². The average Bonchev–Trinajstić information content (AvgIpc) is 2.71. The van der Waals surface area contributed by atoms with Crippen molar-refractivity contribution >= 4 is 29.9 Å². The molecule has 0 radical (unpaired) electrons. The minimum Gasteiger partial charge on any atom is -0.370 e. The molecule has 116 valence electrons. The number of hydrogen-bond donors (Lipinski definition) is 2. The molecule has 1 aromatic rings. The molecule has 0 aliphatic rings. The molecule has 0 fully saturated rings. The average molecular weight is 394 g/mol. The van der Waals surface area contributed by atoms with Gasteiger partial charge in [-0.15, -0.1) is 34.2 Å².